The van der Waals surface area contributed by atoms with Crippen LogP contribution in [-0.4, -0.2) is 19.1 Å². The summed E-state index contributed by atoms with van der Waals surface area (Å²) in [5, 5.41) is 2.66. The average Bonchev–Trinajstić information content (AvgIpc) is 2.76. The maximum Gasteiger partial charge on any atom is 0.231 e. The van der Waals surface area contributed by atoms with Crippen LogP contribution in [0.15, 0.2) is 30.4 Å². The van der Waals surface area contributed by atoms with Crippen molar-refractivity contribution in [1.29, 1.82) is 0 Å². The van der Waals surface area contributed by atoms with Gasteiger partial charge in [0.2, 0.25) is 5.91 Å². The Bertz CT molecular complexity index is 488. The molecule has 3 N–H and O–H groups in total. The minimum absolute atomic E-state index is 0.0756. The molecule has 5 heteroatoms. The van der Waals surface area contributed by atoms with Crippen molar-refractivity contribution in [2.75, 3.05) is 12.4 Å². The molecule has 0 saturated heterocycles. The summed E-state index contributed by atoms with van der Waals surface area (Å²) >= 11 is 0. The van der Waals surface area contributed by atoms with E-state index < -0.39 is 5.82 Å². The maximum absolute atomic E-state index is 13.4. The van der Waals surface area contributed by atoms with Crippen LogP contribution in [0.3, 0.4) is 0 Å². The molecule has 2 atom stereocenters. The number of hydrogen-bond donors (Lipinski definition) is 2. The molecule has 2 unspecified atom stereocenters. The Kier molecular flexibility index (Phi) is 3.62. The summed E-state index contributed by atoms with van der Waals surface area (Å²) < 4.78 is 18.2. The highest BCUT2D eigenvalue weighted by Gasteiger charge is 2.22. The largest absolute Gasteiger partial charge is 0.494 e. The number of carbonyl (C=O) groups excluding carboxylic acids is 1. The first kappa shape index (κ1) is 12.6. The lowest BCUT2D eigenvalue weighted by Crippen LogP contribution is -2.24. The van der Waals surface area contributed by atoms with Crippen LogP contribution in [0.2, 0.25) is 0 Å². The van der Waals surface area contributed by atoms with Gasteiger partial charge in [0.1, 0.15) is 0 Å². The number of amides is 1. The Labute approximate surface area is 105 Å². The van der Waals surface area contributed by atoms with E-state index in [0.29, 0.717) is 12.1 Å². The lowest BCUT2D eigenvalue weighted by Gasteiger charge is -2.11. The molecule has 1 aromatic rings. The monoisotopic (exact) mass is 250 g/mol. The summed E-state index contributed by atoms with van der Waals surface area (Å²) in [6, 6.07) is 4.22. The van der Waals surface area contributed by atoms with Gasteiger partial charge in [-0.25, -0.2) is 4.39 Å². The van der Waals surface area contributed by atoms with E-state index in [-0.39, 0.29) is 23.6 Å². The predicted molar refractivity (Wildman–Crippen MR) is 66.8 cm³/mol. The Morgan fingerprint density at radius 1 is 1.50 bits per heavy atom. The number of anilines is 1. The summed E-state index contributed by atoms with van der Waals surface area (Å²) in [4.78, 5) is 11.9. The molecule has 2 rings (SSSR count). The van der Waals surface area contributed by atoms with Crippen LogP contribution >= 0.6 is 0 Å². The average molecular weight is 250 g/mol. The van der Waals surface area contributed by atoms with Crippen molar-refractivity contribution >= 4 is 11.6 Å². The van der Waals surface area contributed by atoms with E-state index in [4.69, 9.17) is 10.5 Å². The van der Waals surface area contributed by atoms with Gasteiger partial charge in [-0.05, 0) is 18.6 Å². The number of nitrogens with one attached hydrogen (secondary N) is 1. The lowest BCUT2D eigenvalue weighted by molar-refractivity contribution is -0.118. The van der Waals surface area contributed by atoms with Crippen molar-refractivity contribution in [3.8, 4) is 5.75 Å². The molecular formula is C13H15FN2O2. The molecule has 0 heterocycles. The maximum atomic E-state index is 13.4. The van der Waals surface area contributed by atoms with Crippen LogP contribution in [0.5, 0.6) is 5.75 Å². The highest BCUT2D eigenvalue weighted by Crippen LogP contribution is 2.23. The van der Waals surface area contributed by atoms with Gasteiger partial charge in [0.15, 0.2) is 11.6 Å². The zero-order chi connectivity index (χ0) is 13.1. The van der Waals surface area contributed by atoms with Gasteiger partial charge < -0.3 is 15.8 Å². The number of nitrogens with two attached hydrogens (primary N) is 1. The van der Waals surface area contributed by atoms with Gasteiger partial charge in [-0.15, -0.1) is 0 Å². The molecule has 1 aromatic carbocycles. The number of methoxy groups -OCH3 is 1. The van der Waals surface area contributed by atoms with Gasteiger partial charge in [0.25, 0.3) is 0 Å². The Morgan fingerprint density at radius 2 is 2.28 bits per heavy atom. The number of carbonyl (C=O) groups is 1. The summed E-state index contributed by atoms with van der Waals surface area (Å²) in [6.45, 7) is 0. The molecule has 0 saturated carbocycles. The molecule has 0 radical (unpaired) electrons. The van der Waals surface area contributed by atoms with Crippen molar-refractivity contribution in [1.82, 2.24) is 0 Å². The van der Waals surface area contributed by atoms with Crippen LogP contribution in [0.25, 0.3) is 0 Å². The van der Waals surface area contributed by atoms with E-state index in [2.05, 4.69) is 5.32 Å². The number of hydrogen-bond acceptors (Lipinski definition) is 3. The first-order chi connectivity index (χ1) is 8.60. The molecule has 96 valence electrons. The summed E-state index contributed by atoms with van der Waals surface area (Å²) in [6.07, 6.45) is 4.17. The van der Waals surface area contributed by atoms with E-state index in [1.165, 1.54) is 19.2 Å². The first-order valence-electron chi connectivity index (χ1n) is 5.68. The standard InChI is InChI=1S/C13H15FN2O2/c1-18-12-5-4-10(7-11(12)14)16-13(17)8-2-3-9(15)6-8/h2-5,7-9H,6,15H2,1H3,(H,16,17). The van der Waals surface area contributed by atoms with E-state index in [9.17, 15) is 9.18 Å². The fourth-order valence-corrected chi connectivity index (χ4v) is 1.90. The lowest BCUT2D eigenvalue weighted by atomic mass is 10.1. The third-order valence-electron chi connectivity index (χ3n) is 2.87. The van der Waals surface area contributed by atoms with E-state index in [1.807, 2.05) is 0 Å². The SMILES string of the molecule is COc1ccc(NC(=O)C2C=CC(N)C2)cc1F. The second kappa shape index (κ2) is 5.18. The van der Waals surface area contributed by atoms with Crippen molar-refractivity contribution in [2.24, 2.45) is 11.7 Å². The van der Waals surface area contributed by atoms with Gasteiger partial charge >= 0.3 is 0 Å². The molecule has 18 heavy (non-hydrogen) atoms. The van der Waals surface area contributed by atoms with Gasteiger partial charge in [-0.3, -0.25) is 4.79 Å². The molecule has 1 amide bonds. The minimum Gasteiger partial charge on any atom is -0.494 e. The summed E-state index contributed by atoms with van der Waals surface area (Å²) in [7, 11) is 1.39. The molecule has 0 bridgehead atoms. The van der Waals surface area contributed by atoms with Crippen LogP contribution in [0.1, 0.15) is 6.42 Å². The number of benzene rings is 1. The van der Waals surface area contributed by atoms with Gasteiger partial charge in [-0.1, -0.05) is 12.2 Å². The van der Waals surface area contributed by atoms with Crippen LogP contribution in [0.4, 0.5) is 10.1 Å². The van der Waals surface area contributed by atoms with Crippen LogP contribution < -0.4 is 15.8 Å². The predicted octanol–water partition coefficient (Wildman–Crippen LogP) is 1.68. The van der Waals surface area contributed by atoms with E-state index in [0.717, 1.165) is 0 Å². The summed E-state index contributed by atoms with van der Waals surface area (Å²) in [5.74, 6) is -0.779. The Morgan fingerprint density at radius 3 is 2.83 bits per heavy atom. The molecule has 1 aliphatic carbocycles. The molecule has 0 aromatic heterocycles. The fourth-order valence-electron chi connectivity index (χ4n) is 1.90. The Balaban J connectivity index is 2.03. The highest BCUT2D eigenvalue weighted by molar-refractivity contribution is 5.94. The fraction of sp³-hybridized carbons (Fsp3) is 0.308. The Hall–Kier alpha value is -1.88. The number of rotatable bonds is 3. The zero-order valence-corrected chi connectivity index (χ0v) is 10.0. The smallest absolute Gasteiger partial charge is 0.231 e. The summed E-state index contributed by atoms with van der Waals surface area (Å²) in [5.41, 5.74) is 6.08. The van der Waals surface area contributed by atoms with Gasteiger partial charge in [-0.2, -0.15) is 0 Å². The molecule has 0 fully saturated rings. The zero-order valence-electron chi connectivity index (χ0n) is 10.0. The van der Waals surface area contributed by atoms with E-state index in [1.54, 1.807) is 18.2 Å². The second-order valence-electron chi connectivity index (χ2n) is 4.23. The van der Waals surface area contributed by atoms with Crippen molar-refractivity contribution in [3.63, 3.8) is 0 Å². The van der Waals surface area contributed by atoms with Crippen molar-refractivity contribution < 1.29 is 13.9 Å². The topological polar surface area (TPSA) is 64.3 Å². The number of halogens is 1. The normalized spacial score (nSPS) is 21.9. The van der Waals surface area contributed by atoms with Crippen molar-refractivity contribution in [3.05, 3.63) is 36.2 Å². The van der Waals surface area contributed by atoms with Crippen LogP contribution in [-0.2, 0) is 4.79 Å². The molecule has 0 spiro atoms. The van der Waals surface area contributed by atoms with Gasteiger partial charge in [0.05, 0.1) is 13.0 Å². The third-order valence-corrected chi connectivity index (χ3v) is 2.87. The highest BCUT2D eigenvalue weighted by atomic mass is 19.1. The molecule has 1 aliphatic rings. The second-order valence-corrected chi connectivity index (χ2v) is 4.23. The van der Waals surface area contributed by atoms with Crippen LogP contribution in [0, 0.1) is 11.7 Å². The van der Waals surface area contributed by atoms with E-state index >= 15 is 0 Å². The number of ether oxygens (including phenoxy) is 1. The molecular weight excluding hydrogens is 235 g/mol. The minimum atomic E-state index is -0.506. The van der Waals surface area contributed by atoms with Gasteiger partial charge in [0, 0.05) is 17.8 Å². The first-order valence-corrected chi connectivity index (χ1v) is 5.68. The third kappa shape index (κ3) is 2.68. The molecule has 4 nitrogen and oxygen atoms in total. The van der Waals surface area contributed by atoms with Crippen molar-refractivity contribution in [2.45, 2.75) is 12.5 Å². The quantitative estimate of drug-likeness (QED) is 0.802. The molecule has 0 aliphatic heterocycles.